The molecule has 2 rings (SSSR count). The summed E-state index contributed by atoms with van der Waals surface area (Å²) in [6, 6.07) is 3.73. The van der Waals surface area contributed by atoms with Crippen LogP contribution in [0.15, 0.2) is 18.2 Å². The molecule has 0 radical (unpaired) electrons. The summed E-state index contributed by atoms with van der Waals surface area (Å²) in [6.07, 6.45) is 3.10. The lowest BCUT2D eigenvalue weighted by Crippen LogP contribution is -2.43. The number of piperidine rings is 1. The monoisotopic (exact) mass is 239 g/mol. The van der Waals surface area contributed by atoms with Crippen LogP contribution in [-0.4, -0.2) is 11.9 Å². The second kappa shape index (κ2) is 4.82. The lowest BCUT2D eigenvalue weighted by molar-refractivity contribution is -0.120. The van der Waals surface area contributed by atoms with Crippen molar-refractivity contribution in [3.63, 3.8) is 0 Å². The van der Waals surface area contributed by atoms with E-state index in [1.165, 1.54) is 6.07 Å². The minimum absolute atomic E-state index is 0.00546. The molecule has 0 saturated carbocycles. The van der Waals surface area contributed by atoms with E-state index >= 15 is 0 Å². The van der Waals surface area contributed by atoms with Gasteiger partial charge < -0.3 is 4.90 Å². The van der Waals surface area contributed by atoms with E-state index in [0.717, 1.165) is 31.4 Å². The van der Waals surface area contributed by atoms with Crippen molar-refractivity contribution in [3.05, 3.63) is 29.8 Å². The van der Waals surface area contributed by atoms with Gasteiger partial charge in [0.25, 0.3) is 0 Å². The lowest BCUT2D eigenvalue weighted by atomic mass is 9.98. The highest BCUT2D eigenvalue weighted by Crippen LogP contribution is 2.28. The number of nitrogens with zero attached hydrogens (tertiary/aromatic N) is 1. The van der Waals surface area contributed by atoms with Gasteiger partial charge in [-0.2, -0.15) is 0 Å². The maximum Gasteiger partial charge on any atom is 0.227 e. The van der Waals surface area contributed by atoms with Gasteiger partial charge in [0.2, 0.25) is 5.91 Å². The number of rotatable bonds is 2. The molecule has 1 aromatic carbocycles. The number of anilines is 1. The van der Waals surface area contributed by atoms with Gasteiger partial charge in [0.1, 0.15) is 0 Å². The average molecular weight is 239 g/mol. The standard InChI is InChI=1S/C13H15F2NO/c1-2-9-4-3-5-13(17)16(9)10-6-7-11(14)12(15)8-10/h6-9H,2-5H2,1H3. The highest BCUT2D eigenvalue weighted by atomic mass is 19.2. The lowest BCUT2D eigenvalue weighted by Gasteiger charge is -2.35. The molecule has 0 spiro atoms. The number of benzene rings is 1. The van der Waals surface area contributed by atoms with Gasteiger partial charge in [0.15, 0.2) is 11.6 Å². The highest BCUT2D eigenvalue weighted by molar-refractivity contribution is 5.94. The van der Waals surface area contributed by atoms with Crippen LogP contribution in [0.4, 0.5) is 14.5 Å². The summed E-state index contributed by atoms with van der Waals surface area (Å²) in [6.45, 7) is 2.00. The van der Waals surface area contributed by atoms with Crippen LogP contribution < -0.4 is 4.90 Å². The third-order valence-electron chi connectivity index (χ3n) is 3.21. The molecule has 1 aliphatic heterocycles. The molecule has 0 N–H and O–H groups in total. The van der Waals surface area contributed by atoms with Crippen molar-refractivity contribution in [2.24, 2.45) is 0 Å². The van der Waals surface area contributed by atoms with E-state index in [2.05, 4.69) is 0 Å². The van der Waals surface area contributed by atoms with Gasteiger partial charge in [-0.3, -0.25) is 4.79 Å². The molecule has 1 heterocycles. The third-order valence-corrected chi connectivity index (χ3v) is 3.21. The molecule has 1 saturated heterocycles. The van der Waals surface area contributed by atoms with Crippen LogP contribution in [0.25, 0.3) is 0 Å². The number of carbonyl (C=O) groups excluding carboxylic acids is 1. The van der Waals surface area contributed by atoms with Crippen LogP contribution in [0.5, 0.6) is 0 Å². The summed E-state index contributed by atoms with van der Waals surface area (Å²) in [5.74, 6) is -1.80. The van der Waals surface area contributed by atoms with Crippen molar-refractivity contribution >= 4 is 11.6 Å². The maximum absolute atomic E-state index is 13.2. The average Bonchev–Trinajstić information content (AvgIpc) is 2.32. The number of hydrogen-bond acceptors (Lipinski definition) is 1. The van der Waals surface area contributed by atoms with Gasteiger partial charge >= 0.3 is 0 Å². The number of hydrogen-bond donors (Lipinski definition) is 0. The van der Waals surface area contributed by atoms with E-state index in [9.17, 15) is 13.6 Å². The predicted octanol–water partition coefficient (Wildman–Crippen LogP) is 3.26. The highest BCUT2D eigenvalue weighted by Gasteiger charge is 2.28. The summed E-state index contributed by atoms with van der Waals surface area (Å²) >= 11 is 0. The van der Waals surface area contributed by atoms with Crippen LogP contribution in [-0.2, 0) is 4.79 Å². The van der Waals surface area contributed by atoms with Crippen molar-refractivity contribution in [2.75, 3.05) is 4.90 Å². The molecular weight excluding hydrogens is 224 g/mol. The SMILES string of the molecule is CCC1CCCC(=O)N1c1ccc(F)c(F)c1. The van der Waals surface area contributed by atoms with Crippen molar-refractivity contribution in [1.29, 1.82) is 0 Å². The molecule has 1 fully saturated rings. The zero-order chi connectivity index (χ0) is 12.4. The van der Waals surface area contributed by atoms with Crippen LogP contribution in [0.3, 0.4) is 0 Å². The quantitative estimate of drug-likeness (QED) is 0.775. The second-order valence-electron chi connectivity index (χ2n) is 4.32. The number of halogens is 2. The number of carbonyl (C=O) groups is 1. The zero-order valence-electron chi connectivity index (χ0n) is 9.75. The van der Waals surface area contributed by atoms with E-state index in [1.54, 1.807) is 4.90 Å². The van der Waals surface area contributed by atoms with Gasteiger partial charge in [-0.15, -0.1) is 0 Å². The second-order valence-corrected chi connectivity index (χ2v) is 4.32. The Morgan fingerprint density at radius 1 is 1.35 bits per heavy atom. The third kappa shape index (κ3) is 2.30. The Morgan fingerprint density at radius 3 is 2.76 bits per heavy atom. The zero-order valence-corrected chi connectivity index (χ0v) is 9.75. The van der Waals surface area contributed by atoms with E-state index in [0.29, 0.717) is 12.1 Å². The Labute approximate surface area is 99.2 Å². The normalized spacial score (nSPS) is 20.8. The van der Waals surface area contributed by atoms with Gasteiger partial charge in [0.05, 0.1) is 0 Å². The first kappa shape index (κ1) is 12.0. The minimum atomic E-state index is -0.907. The molecule has 1 aliphatic rings. The van der Waals surface area contributed by atoms with Crippen LogP contribution in [0.1, 0.15) is 32.6 Å². The van der Waals surface area contributed by atoms with Crippen molar-refractivity contribution in [2.45, 2.75) is 38.6 Å². The molecule has 2 nitrogen and oxygen atoms in total. The van der Waals surface area contributed by atoms with E-state index < -0.39 is 11.6 Å². The Kier molecular flexibility index (Phi) is 3.41. The predicted molar refractivity (Wildman–Crippen MR) is 61.8 cm³/mol. The minimum Gasteiger partial charge on any atom is -0.309 e. The molecular formula is C13H15F2NO. The van der Waals surface area contributed by atoms with Crippen molar-refractivity contribution in [1.82, 2.24) is 0 Å². The Balaban J connectivity index is 2.34. The molecule has 4 heteroatoms. The largest absolute Gasteiger partial charge is 0.309 e. The fourth-order valence-corrected chi connectivity index (χ4v) is 2.32. The van der Waals surface area contributed by atoms with E-state index in [-0.39, 0.29) is 11.9 Å². The maximum atomic E-state index is 13.2. The Bertz CT molecular complexity index is 433. The first-order chi connectivity index (χ1) is 8.13. The molecule has 0 bridgehead atoms. The fraction of sp³-hybridized carbons (Fsp3) is 0.462. The molecule has 17 heavy (non-hydrogen) atoms. The molecule has 0 aliphatic carbocycles. The van der Waals surface area contributed by atoms with Gasteiger partial charge in [-0.1, -0.05) is 6.92 Å². The first-order valence-corrected chi connectivity index (χ1v) is 5.90. The topological polar surface area (TPSA) is 20.3 Å². The van der Waals surface area contributed by atoms with Crippen molar-refractivity contribution in [3.8, 4) is 0 Å². The molecule has 1 atom stereocenters. The molecule has 1 aromatic rings. The van der Waals surface area contributed by atoms with Gasteiger partial charge in [0, 0.05) is 24.2 Å². The van der Waals surface area contributed by atoms with E-state index in [1.807, 2.05) is 6.92 Å². The smallest absolute Gasteiger partial charge is 0.227 e. The summed E-state index contributed by atoms with van der Waals surface area (Å²) < 4.78 is 26.0. The van der Waals surface area contributed by atoms with Crippen LogP contribution in [0.2, 0.25) is 0 Å². The molecule has 92 valence electrons. The van der Waals surface area contributed by atoms with Gasteiger partial charge in [-0.05, 0) is 31.4 Å². The van der Waals surface area contributed by atoms with Crippen LogP contribution >= 0.6 is 0 Å². The summed E-state index contributed by atoms with van der Waals surface area (Å²) in [4.78, 5) is 13.5. The molecule has 1 amide bonds. The van der Waals surface area contributed by atoms with Gasteiger partial charge in [-0.25, -0.2) is 8.78 Å². The molecule has 1 unspecified atom stereocenters. The summed E-state index contributed by atoms with van der Waals surface area (Å²) in [7, 11) is 0. The Hall–Kier alpha value is -1.45. The van der Waals surface area contributed by atoms with Crippen LogP contribution in [0, 0.1) is 11.6 Å². The first-order valence-electron chi connectivity index (χ1n) is 5.90. The van der Waals surface area contributed by atoms with Crippen molar-refractivity contribution < 1.29 is 13.6 Å². The molecule has 0 aromatic heterocycles. The summed E-state index contributed by atoms with van der Waals surface area (Å²) in [5, 5.41) is 0. The fourth-order valence-electron chi connectivity index (χ4n) is 2.32. The number of amides is 1. The van der Waals surface area contributed by atoms with E-state index in [4.69, 9.17) is 0 Å². The Morgan fingerprint density at radius 2 is 2.12 bits per heavy atom. The summed E-state index contributed by atoms with van der Waals surface area (Å²) in [5.41, 5.74) is 0.459.